The van der Waals surface area contributed by atoms with Gasteiger partial charge in [0.25, 0.3) is 5.56 Å². The zero-order chi connectivity index (χ0) is 21.0. The number of ether oxygens (including phenoxy) is 1. The van der Waals surface area contributed by atoms with Crippen molar-refractivity contribution in [2.75, 3.05) is 12.4 Å². The SMILES string of the molecule is CCC(C(=O)Nc1ccc(OC)cc1)n1nc(-c2ccc(C)c(C)c2)ccc1=O. The molecule has 0 aliphatic rings. The summed E-state index contributed by atoms with van der Waals surface area (Å²) in [5.41, 5.74) is 4.22. The van der Waals surface area contributed by atoms with Crippen LogP contribution in [0, 0.1) is 13.8 Å². The molecule has 1 amide bonds. The van der Waals surface area contributed by atoms with Gasteiger partial charge in [0.2, 0.25) is 5.91 Å². The average Bonchev–Trinajstić information content (AvgIpc) is 2.72. The third-order valence-electron chi connectivity index (χ3n) is 4.97. The molecule has 1 heterocycles. The van der Waals surface area contributed by atoms with E-state index >= 15 is 0 Å². The summed E-state index contributed by atoms with van der Waals surface area (Å²) in [6.45, 7) is 5.94. The molecule has 0 fully saturated rings. The van der Waals surface area contributed by atoms with Crippen LogP contribution in [0.4, 0.5) is 5.69 Å². The van der Waals surface area contributed by atoms with E-state index in [1.165, 1.54) is 16.3 Å². The van der Waals surface area contributed by atoms with Gasteiger partial charge >= 0.3 is 0 Å². The molecular formula is C23H25N3O3. The van der Waals surface area contributed by atoms with Crippen LogP contribution >= 0.6 is 0 Å². The molecule has 0 bridgehead atoms. The maximum absolute atomic E-state index is 12.9. The summed E-state index contributed by atoms with van der Waals surface area (Å²) in [6, 6.07) is 15.5. The van der Waals surface area contributed by atoms with Gasteiger partial charge in [-0.25, -0.2) is 4.68 Å². The number of hydrogen-bond donors (Lipinski definition) is 1. The van der Waals surface area contributed by atoms with Gasteiger partial charge in [0.05, 0.1) is 12.8 Å². The molecule has 0 spiro atoms. The maximum Gasteiger partial charge on any atom is 0.267 e. The minimum absolute atomic E-state index is 0.287. The van der Waals surface area contributed by atoms with Crippen LogP contribution in [0.5, 0.6) is 5.75 Å². The number of amides is 1. The quantitative estimate of drug-likeness (QED) is 0.686. The van der Waals surface area contributed by atoms with Crippen molar-refractivity contribution in [3.8, 4) is 17.0 Å². The Labute approximate surface area is 170 Å². The molecule has 3 rings (SSSR count). The van der Waals surface area contributed by atoms with Crippen LogP contribution in [0.3, 0.4) is 0 Å². The molecule has 1 unspecified atom stereocenters. The van der Waals surface area contributed by atoms with E-state index in [9.17, 15) is 9.59 Å². The van der Waals surface area contributed by atoms with Crippen molar-refractivity contribution in [1.82, 2.24) is 9.78 Å². The van der Waals surface area contributed by atoms with E-state index < -0.39 is 6.04 Å². The Hall–Kier alpha value is -3.41. The molecular weight excluding hydrogens is 366 g/mol. The fourth-order valence-corrected chi connectivity index (χ4v) is 3.07. The second-order valence-electron chi connectivity index (χ2n) is 6.94. The van der Waals surface area contributed by atoms with Gasteiger partial charge in [-0.3, -0.25) is 9.59 Å². The van der Waals surface area contributed by atoms with E-state index in [2.05, 4.69) is 10.4 Å². The van der Waals surface area contributed by atoms with Crippen LogP contribution in [0.1, 0.15) is 30.5 Å². The summed E-state index contributed by atoms with van der Waals surface area (Å²) in [5, 5.41) is 7.35. The molecule has 0 saturated carbocycles. The van der Waals surface area contributed by atoms with Crippen LogP contribution in [-0.4, -0.2) is 22.8 Å². The highest BCUT2D eigenvalue weighted by Gasteiger charge is 2.21. The third-order valence-corrected chi connectivity index (χ3v) is 4.97. The summed E-state index contributed by atoms with van der Waals surface area (Å²) >= 11 is 0. The van der Waals surface area contributed by atoms with Crippen molar-refractivity contribution in [3.05, 3.63) is 76.1 Å². The first-order valence-corrected chi connectivity index (χ1v) is 9.55. The van der Waals surface area contributed by atoms with Gasteiger partial charge in [0, 0.05) is 17.3 Å². The van der Waals surface area contributed by atoms with E-state index in [1.54, 1.807) is 37.4 Å². The van der Waals surface area contributed by atoms with Gasteiger partial charge < -0.3 is 10.1 Å². The number of rotatable bonds is 6. The number of nitrogens with zero attached hydrogens (tertiary/aromatic N) is 2. The summed E-state index contributed by atoms with van der Waals surface area (Å²) in [7, 11) is 1.58. The first-order chi connectivity index (χ1) is 13.9. The molecule has 1 aromatic heterocycles. The van der Waals surface area contributed by atoms with Crippen LogP contribution < -0.4 is 15.6 Å². The molecule has 6 heteroatoms. The first kappa shape index (κ1) is 20.3. The summed E-state index contributed by atoms with van der Waals surface area (Å²) < 4.78 is 6.40. The highest BCUT2D eigenvalue weighted by Crippen LogP contribution is 2.21. The highest BCUT2D eigenvalue weighted by atomic mass is 16.5. The zero-order valence-corrected chi connectivity index (χ0v) is 17.1. The van der Waals surface area contributed by atoms with Gasteiger partial charge in [-0.15, -0.1) is 0 Å². The molecule has 6 nitrogen and oxygen atoms in total. The Bertz CT molecular complexity index is 1070. The Balaban J connectivity index is 1.90. The smallest absolute Gasteiger partial charge is 0.267 e. The summed E-state index contributed by atoms with van der Waals surface area (Å²) in [6.07, 6.45) is 0.436. The third kappa shape index (κ3) is 4.54. The van der Waals surface area contributed by atoms with Crippen molar-refractivity contribution < 1.29 is 9.53 Å². The number of aryl methyl sites for hydroxylation is 2. The first-order valence-electron chi connectivity index (χ1n) is 9.55. The predicted molar refractivity (Wildman–Crippen MR) is 114 cm³/mol. The minimum atomic E-state index is -0.712. The predicted octanol–water partition coefficient (Wildman–Crippen LogP) is 4.13. The summed E-state index contributed by atoms with van der Waals surface area (Å²) in [5.74, 6) is 0.415. The molecule has 29 heavy (non-hydrogen) atoms. The number of carbonyl (C=O) groups excluding carboxylic acids is 1. The molecule has 150 valence electrons. The number of aromatic nitrogens is 2. The van der Waals surface area contributed by atoms with Crippen LogP contribution in [0.25, 0.3) is 11.3 Å². The Morgan fingerprint density at radius 2 is 1.79 bits per heavy atom. The van der Waals surface area contributed by atoms with E-state index in [1.807, 2.05) is 39.0 Å². The monoisotopic (exact) mass is 391 g/mol. The second-order valence-corrected chi connectivity index (χ2v) is 6.94. The van der Waals surface area contributed by atoms with Crippen molar-refractivity contribution in [2.24, 2.45) is 0 Å². The van der Waals surface area contributed by atoms with Gasteiger partial charge in [0.1, 0.15) is 11.8 Å². The molecule has 0 saturated heterocycles. The fraction of sp³-hybridized carbons (Fsp3) is 0.261. The van der Waals surface area contributed by atoms with Crippen molar-refractivity contribution >= 4 is 11.6 Å². The fourth-order valence-electron chi connectivity index (χ4n) is 3.07. The van der Waals surface area contributed by atoms with Crippen molar-refractivity contribution in [1.29, 1.82) is 0 Å². The van der Waals surface area contributed by atoms with E-state index in [0.717, 1.165) is 11.1 Å². The number of hydrogen-bond acceptors (Lipinski definition) is 4. The second kappa shape index (κ2) is 8.73. The maximum atomic E-state index is 12.9. The van der Waals surface area contributed by atoms with Crippen LogP contribution in [0.15, 0.2) is 59.4 Å². The molecule has 2 aromatic carbocycles. The van der Waals surface area contributed by atoms with Crippen LogP contribution in [0.2, 0.25) is 0 Å². The number of methoxy groups -OCH3 is 1. The number of nitrogens with one attached hydrogen (secondary N) is 1. The number of anilines is 1. The largest absolute Gasteiger partial charge is 0.497 e. The van der Waals surface area contributed by atoms with Gasteiger partial charge in [0.15, 0.2) is 0 Å². The lowest BCUT2D eigenvalue weighted by molar-refractivity contribution is -0.119. The molecule has 1 atom stereocenters. The topological polar surface area (TPSA) is 73.2 Å². The Morgan fingerprint density at radius 3 is 2.41 bits per heavy atom. The summed E-state index contributed by atoms with van der Waals surface area (Å²) in [4.78, 5) is 25.3. The number of carbonyl (C=O) groups is 1. The lowest BCUT2D eigenvalue weighted by Crippen LogP contribution is -2.34. The Kier molecular flexibility index (Phi) is 6.12. The van der Waals surface area contributed by atoms with Crippen molar-refractivity contribution in [2.45, 2.75) is 33.2 Å². The lowest BCUT2D eigenvalue weighted by Gasteiger charge is -2.18. The molecule has 3 aromatic rings. The van der Waals surface area contributed by atoms with Gasteiger partial charge in [-0.2, -0.15) is 5.10 Å². The van der Waals surface area contributed by atoms with Gasteiger partial charge in [-0.1, -0.05) is 19.1 Å². The van der Waals surface area contributed by atoms with Crippen LogP contribution in [-0.2, 0) is 4.79 Å². The molecule has 0 aliphatic heterocycles. The van der Waals surface area contributed by atoms with E-state index in [4.69, 9.17) is 4.74 Å². The standard InChI is InChI=1S/C23H25N3O3/c1-5-21(23(28)24-18-8-10-19(29-4)11-9-18)26-22(27)13-12-20(25-26)17-7-6-15(2)16(3)14-17/h6-14,21H,5H2,1-4H3,(H,24,28). The van der Waals surface area contributed by atoms with Gasteiger partial charge in [-0.05, 0) is 67.8 Å². The highest BCUT2D eigenvalue weighted by molar-refractivity contribution is 5.93. The van der Waals surface area contributed by atoms with E-state index in [0.29, 0.717) is 23.6 Å². The number of benzene rings is 2. The Morgan fingerprint density at radius 1 is 1.07 bits per heavy atom. The normalized spacial score (nSPS) is 11.7. The molecule has 1 N–H and O–H groups in total. The molecule has 0 aliphatic carbocycles. The zero-order valence-electron chi connectivity index (χ0n) is 17.1. The minimum Gasteiger partial charge on any atom is -0.497 e. The van der Waals surface area contributed by atoms with Crippen molar-refractivity contribution in [3.63, 3.8) is 0 Å². The average molecular weight is 391 g/mol. The molecule has 0 radical (unpaired) electrons. The lowest BCUT2D eigenvalue weighted by atomic mass is 10.0. The van der Waals surface area contributed by atoms with E-state index in [-0.39, 0.29) is 11.5 Å².